The van der Waals surface area contributed by atoms with Crippen molar-refractivity contribution in [3.8, 4) is 0 Å². The number of sulfonamides is 1. The maximum absolute atomic E-state index is 13.8. The van der Waals surface area contributed by atoms with Gasteiger partial charge in [0.05, 0.1) is 5.92 Å². The molecule has 0 bridgehead atoms. The second-order valence-electron chi connectivity index (χ2n) is 9.69. The first-order chi connectivity index (χ1) is 17.4. The van der Waals surface area contributed by atoms with Crippen LogP contribution in [-0.4, -0.2) is 66.7 Å². The normalized spacial score (nSPS) is 16.9. The molecule has 0 saturated carbocycles. The number of nitrogen functional groups attached to an aromatic ring is 1. The van der Waals surface area contributed by atoms with Crippen LogP contribution in [0.3, 0.4) is 0 Å². The van der Waals surface area contributed by atoms with Gasteiger partial charge in [-0.15, -0.1) is 0 Å². The summed E-state index contributed by atoms with van der Waals surface area (Å²) in [6.07, 6.45) is 1.28. The third-order valence-electron chi connectivity index (χ3n) is 6.33. The lowest BCUT2D eigenvalue weighted by molar-refractivity contribution is -0.123. The van der Waals surface area contributed by atoms with Crippen LogP contribution >= 0.6 is 0 Å². The molecule has 1 aliphatic rings. The van der Waals surface area contributed by atoms with Gasteiger partial charge in [0.2, 0.25) is 15.9 Å². The molecule has 206 valence electrons. The minimum atomic E-state index is -3.95. The van der Waals surface area contributed by atoms with Crippen molar-refractivity contribution in [3.63, 3.8) is 0 Å². The second kappa shape index (κ2) is 11.6. The zero-order valence-corrected chi connectivity index (χ0v) is 22.8. The predicted molar refractivity (Wildman–Crippen MR) is 137 cm³/mol. The van der Waals surface area contributed by atoms with Crippen LogP contribution in [-0.2, 0) is 26.1 Å². The van der Waals surface area contributed by atoms with Gasteiger partial charge >= 0.3 is 5.69 Å². The molecule has 0 spiro atoms. The number of ether oxygens (including phenoxy) is 1. The first-order valence-corrected chi connectivity index (χ1v) is 13.7. The van der Waals surface area contributed by atoms with Crippen molar-refractivity contribution in [1.29, 1.82) is 0 Å². The number of methoxy groups -OCH3 is 1. The Labute approximate surface area is 215 Å². The fourth-order valence-electron chi connectivity index (χ4n) is 4.64. The van der Waals surface area contributed by atoms with Gasteiger partial charge in [-0.2, -0.15) is 4.31 Å². The number of anilines is 2. The molecular formula is C23H36N6O7S. The first-order valence-electron chi connectivity index (χ1n) is 12.3. The Hall–Kier alpha value is -2.97. The van der Waals surface area contributed by atoms with Crippen molar-refractivity contribution in [2.75, 3.05) is 44.0 Å². The smallest absolute Gasteiger partial charge is 0.330 e. The van der Waals surface area contributed by atoms with Crippen LogP contribution in [0.15, 0.2) is 19.0 Å². The van der Waals surface area contributed by atoms with Gasteiger partial charge in [-0.3, -0.25) is 19.1 Å². The molecule has 14 heteroatoms. The molecule has 2 aromatic rings. The predicted octanol–water partition coefficient (Wildman–Crippen LogP) is 0.850. The van der Waals surface area contributed by atoms with E-state index in [1.807, 2.05) is 13.8 Å². The molecule has 3 heterocycles. The summed E-state index contributed by atoms with van der Waals surface area (Å²) in [5.74, 6) is -1.04. The summed E-state index contributed by atoms with van der Waals surface area (Å²) in [6, 6.07) is 0. The highest BCUT2D eigenvalue weighted by Crippen LogP contribution is 2.30. The van der Waals surface area contributed by atoms with E-state index >= 15 is 0 Å². The molecule has 1 aliphatic heterocycles. The Balaban J connectivity index is 1.99. The van der Waals surface area contributed by atoms with Crippen LogP contribution in [0.5, 0.6) is 0 Å². The number of piperidine rings is 1. The Morgan fingerprint density at radius 1 is 1.32 bits per heavy atom. The van der Waals surface area contributed by atoms with E-state index in [2.05, 4.69) is 10.1 Å². The number of aryl methyl sites for hydroxylation is 2. The van der Waals surface area contributed by atoms with Crippen molar-refractivity contribution in [2.24, 2.45) is 11.8 Å². The first kappa shape index (κ1) is 28.6. The lowest BCUT2D eigenvalue weighted by Crippen LogP contribution is -2.49. The molecule has 2 aromatic heterocycles. The summed E-state index contributed by atoms with van der Waals surface area (Å²) in [5.41, 5.74) is 5.00. The van der Waals surface area contributed by atoms with Gasteiger partial charge in [0.25, 0.3) is 5.56 Å². The standard InChI is InChI=1S/C23H36N6O7S/c1-14(2)12-29-20(24)18(21(30)25-23(29)32)28(10-7-11-35-5)22(31)17-8-6-9-27(13-17)37(33,34)19-15(3)26-36-16(19)4/h14,17H,6-13,24H2,1-5H3,(H,25,30,32)/t17-/m1/s1. The van der Waals surface area contributed by atoms with E-state index in [1.54, 1.807) is 6.92 Å². The second-order valence-corrected chi connectivity index (χ2v) is 11.6. The number of aromatic amines is 1. The lowest BCUT2D eigenvalue weighted by Gasteiger charge is -2.34. The summed E-state index contributed by atoms with van der Waals surface area (Å²) in [5, 5.41) is 3.75. The van der Waals surface area contributed by atoms with Crippen LogP contribution in [0, 0.1) is 25.7 Å². The zero-order chi connectivity index (χ0) is 27.5. The van der Waals surface area contributed by atoms with Crippen LogP contribution in [0.4, 0.5) is 11.5 Å². The van der Waals surface area contributed by atoms with Gasteiger partial charge in [0.15, 0.2) is 11.4 Å². The van der Waals surface area contributed by atoms with Crippen LogP contribution in [0.1, 0.15) is 44.6 Å². The molecule has 3 N–H and O–H groups in total. The average Bonchev–Trinajstić information content (AvgIpc) is 3.18. The van der Waals surface area contributed by atoms with Crippen molar-refractivity contribution in [3.05, 3.63) is 32.3 Å². The van der Waals surface area contributed by atoms with Crippen LogP contribution in [0.25, 0.3) is 0 Å². The Kier molecular flexibility index (Phi) is 8.97. The molecule has 0 unspecified atom stereocenters. The molecule has 37 heavy (non-hydrogen) atoms. The molecule has 1 amide bonds. The quantitative estimate of drug-likeness (QED) is 0.414. The number of hydrogen-bond acceptors (Lipinski definition) is 9. The lowest BCUT2D eigenvalue weighted by atomic mass is 9.97. The van der Waals surface area contributed by atoms with E-state index in [4.69, 9.17) is 15.0 Å². The van der Waals surface area contributed by atoms with Crippen molar-refractivity contribution in [2.45, 2.75) is 58.4 Å². The fourth-order valence-corrected chi connectivity index (χ4v) is 6.45. The van der Waals surface area contributed by atoms with Crippen molar-refractivity contribution < 1.29 is 22.5 Å². The van der Waals surface area contributed by atoms with E-state index in [1.165, 1.54) is 27.8 Å². The summed E-state index contributed by atoms with van der Waals surface area (Å²) in [7, 11) is -2.43. The Morgan fingerprint density at radius 2 is 2.03 bits per heavy atom. The van der Waals surface area contributed by atoms with Crippen LogP contribution < -0.4 is 21.9 Å². The molecule has 1 saturated heterocycles. The molecule has 1 atom stereocenters. The molecule has 0 radical (unpaired) electrons. The highest BCUT2D eigenvalue weighted by molar-refractivity contribution is 7.89. The average molecular weight is 541 g/mol. The number of H-pyrrole nitrogens is 1. The monoisotopic (exact) mass is 540 g/mol. The maximum atomic E-state index is 13.8. The number of rotatable bonds is 10. The molecule has 3 rings (SSSR count). The Morgan fingerprint density at radius 3 is 2.62 bits per heavy atom. The van der Waals surface area contributed by atoms with E-state index in [-0.39, 0.29) is 60.0 Å². The molecule has 1 fully saturated rings. The number of hydrogen-bond donors (Lipinski definition) is 2. The molecule has 0 aliphatic carbocycles. The third-order valence-corrected chi connectivity index (χ3v) is 8.44. The van der Waals surface area contributed by atoms with Crippen LogP contribution in [0.2, 0.25) is 0 Å². The number of nitrogens with zero attached hydrogens (tertiary/aromatic N) is 4. The topological polar surface area (TPSA) is 174 Å². The maximum Gasteiger partial charge on any atom is 0.330 e. The van der Waals surface area contributed by atoms with E-state index in [9.17, 15) is 22.8 Å². The molecular weight excluding hydrogens is 504 g/mol. The summed E-state index contributed by atoms with van der Waals surface area (Å²) in [6.45, 7) is 7.71. The zero-order valence-electron chi connectivity index (χ0n) is 21.9. The van der Waals surface area contributed by atoms with Gasteiger partial charge < -0.3 is 19.9 Å². The van der Waals surface area contributed by atoms with Crippen molar-refractivity contribution in [1.82, 2.24) is 19.0 Å². The minimum Gasteiger partial charge on any atom is -0.385 e. The highest BCUT2D eigenvalue weighted by atomic mass is 32.2. The van der Waals surface area contributed by atoms with E-state index < -0.39 is 33.1 Å². The molecule has 13 nitrogen and oxygen atoms in total. The number of carbonyl (C=O) groups is 1. The summed E-state index contributed by atoms with van der Waals surface area (Å²) < 4.78 is 39.4. The van der Waals surface area contributed by atoms with Gasteiger partial charge in [0.1, 0.15) is 16.4 Å². The Bertz CT molecular complexity index is 1320. The fraction of sp³-hybridized carbons (Fsp3) is 0.652. The summed E-state index contributed by atoms with van der Waals surface area (Å²) >= 11 is 0. The third kappa shape index (κ3) is 5.96. The number of carbonyl (C=O) groups excluding carboxylic acids is 1. The van der Waals surface area contributed by atoms with Crippen molar-refractivity contribution >= 4 is 27.4 Å². The van der Waals surface area contributed by atoms with Gasteiger partial charge in [-0.05, 0) is 39.0 Å². The van der Waals surface area contributed by atoms with Gasteiger partial charge in [-0.25, -0.2) is 13.2 Å². The van der Waals surface area contributed by atoms with Gasteiger partial charge in [0, 0.05) is 39.9 Å². The number of aromatic nitrogens is 3. The van der Waals surface area contributed by atoms with E-state index in [0.717, 1.165) is 0 Å². The number of amides is 1. The number of nitrogens with one attached hydrogen (secondary N) is 1. The minimum absolute atomic E-state index is 0.000926. The largest absolute Gasteiger partial charge is 0.385 e. The number of nitrogens with two attached hydrogens (primary N) is 1. The SMILES string of the molecule is COCCCN(C(=O)[C@@H]1CCCN(S(=O)(=O)c2c(C)noc2C)C1)c1c(N)n(CC(C)C)c(=O)[nH]c1=O. The van der Waals surface area contributed by atoms with E-state index in [0.29, 0.717) is 25.9 Å². The van der Waals surface area contributed by atoms with Gasteiger partial charge in [-0.1, -0.05) is 19.0 Å². The molecule has 0 aromatic carbocycles. The highest BCUT2D eigenvalue weighted by Gasteiger charge is 2.38. The summed E-state index contributed by atoms with van der Waals surface area (Å²) in [4.78, 5) is 42.7.